The van der Waals surface area contributed by atoms with Gasteiger partial charge in [0.1, 0.15) is 17.6 Å². The molecule has 1 heterocycles. The summed E-state index contributed by atoms with van der Waals surface area (Å²) in [4.78, 5) is 11.2. The lowest BCUT2D eigenvalue weighted by Crippen LogP contribution is -2.16. The molecule has 0 saturated carbocycles. The Morgan fingerprint density at radius 1 is 1.06 bits per heavy atom. The van der Waals surface area contributed by atoms with Crippen molar-refractivity contribution in [2.24, 2.45) is 0 Å². The van der Waals surface area contributed by atoms with E-state index in [9.17, 15) is 4.79 Å². The molecule has 0 unspecified atom stereocenters. The van der Waals surface area contributed by atoms with E-state index in [-0.39, 0.29) is 5.97 Å². The second-order valence-corrected chi connectivity index (χ2v) is 4.91. The van der Waals surface area contributed by atoms with Crippen LogP contribution in [-0.4, -0.2) is 5.97 Å². The molecule has 0 atom stereocenters. The van der Waals surface area contributed by atoms with Gasteiger partial charge in [0.15, 0.2) is 0 Å². The fourth-order valence-electron chi connectivity index (χ4n) is 2.42. The van der Waals surface area contributed by atoms with Crippen molar-refractivity contribution >= 4 is 5.97 Å². The van der Waals surface area contributed by atoms with Crippen LogP contribution >= 0.6 is 0 Å². The zero-order valence-electron chi connectivity index (χ0n) is 11.6. The van der Waals surface area contributed by atoms with Crippen molar-refractivity contribution in [3.8, 4) is 11.5 Å². The molecule has 0 amide bonds. The standard InChI is InChI=1S/C15H19O3/c1-8-6-7-13-11(4)14(18-12(5)16)9(2)10(3)15(13)17-8/h6-7H2,1-5H3. The van der Waals surface area contributed by atoms with Crippen molar-refractivity contribution in [3.05, 3.63) is 28.4 Å². The SMILES string of the molecule is C[C]1CCc2c(C)c(OC(C)=O)c(C)c(C)c2O1. The van der Waals surface area contributed by atoms with Crippen LogP contribution in [0.3, 0.4) is 0 Å². The van der Waals surface area contributed by atoms with Crippen molar-refractivity contribution in [2.75, 3.05) is 0 Å². The van der Waals surface area contributed by atoms with Crippen LogP contribution in [0.15, 0.2) is 0 Å². The highest BCUT2D eigenvalue weighted by Gasteiger charge is 2.25. The van der Waals surface area contributed by atoms with Gasteiger partial charge in [-0.15, -0.1) is 0 Å². The Kier molecular flexibility index (Phi) is 3.33. The van der Waals surface area contributed by atoms with Crippen molar-refractivity contribution in [1.29, 1.82) is 0 Å². The van der Waals surface area contributed by atoms with E-state index in [1.807, 2.05) is 27.7 Å². The topological polar surface area (TPSA) is 35.5 Å². The highest BCUT2D eigenvalue weighted by molar-refractivity contribution is 5.72. The highest BCUT2D eigenvalue weighted by atomic mass is 16.5. The predicted octanol–water partition coefficient (Wildman–Crippen LogP) is 3.41. The van der Waals surface area contributed by atoms with E-state index in [1.54, 1.807) is 0 Å². The molecular formula is C15H19O3. The van der Waals surface area contributed by atoms with E-state index in [2.05, 4.69) is 0 Å². The molecule has 0 spiro atoms. The first-order valence-corrected chi connectivity index (χ1v) is 6.23. The highest BCUT2D eigenvalue weighted by Crippen LogP contribution is 2.42. The molecule has 0 bridgehead atoms. The van der Waals surface area contributed by atoms with Crippen LogP contribution in [-0.2, 0) is 11.2 Å². The first-order chi connectivity index (χ1) is 8.41. The van der Waals surface area contributed by atoms with Crippen LogP contribution in [0.25, 0.3) is 0 Å². The molecule has 0 aliphatic carbocycles. The molecule has 1 radical (unpaired) electrons. The van der Waals surface area contributed by atoms with Crippen molar-refractivity contribution in [2.45, 2.75) is 47.5 Å². The van der Waals surface area contributed by atoms with E-state index in [4.69, 9.17) is 9.47 Å². The van der Waals surface area contributed by atoms with E-state index < -0.39 is 0 Å². The summed E-state index contributed by atoms with van der Waals surface area (Å²) in [5.41, 5.74) is 4.23. The minimum atomic E-state index is -0.278. The number of benzene rings is 1. The average Bonchev–Trinajstić information content (AvgIpc) is 2.31. The summed E-state index contributed by atoms with van der Waals surface area (Å²) in [7, 11) is 0. The number of carbonyl (C=O) groups is 1. The summed E-state index contributed by atoms with van der Waals surface area (Å²) < 4.78 is 11.2. The Balaban J connectivity index is 2.59. The Morgan fingerprint density at radius 3 is 2.33 bits per heavy atom. The molecule has 3 nitrogen and oxygen atoms in total. The molecule has 0 saturated heterocycles. The zero-order chi connectivity index (χ0) is 13.4. The van der Waals surface area contributed by atoms with Gasteiger partial charge in [-0.2, -0.15) is 0 Å². The van der Waals surface area contributed by atoms with Crippen LogP contribution in [0, 0.1) is 26.9 Å². The van der Waals surface area contributed by atoms with Crippen LogP contribution < -0.4 is 9.47 Å². The third kappa shape index (κ3) is 2.09. The molecule has 1 aliphatic heterocycles. The van der Waals surface area contributed by atoms with Gasteiger partial charge >= 0.3 is 5.97 Å². The second kappa shape index (κ2) is 4.63. The summed E-state index contributed by atoms with van der Waals surface area (Å²) in [6, 6.07) is 0. The molecular weight excluding hydrogens is 228 g/mol. The lowest BCUT2D eigenvalue weighted by molar-refractivity contribution is -0.131. The molecule has 1 aliphatic rings. The van der Waals surface area contributed by atoms with Crippen LogP contribution in [0.5, 0.6) is 11.5 Å². The van der Waals surface area contributed by atoms with Crippen LogP contribution in [0.4, 0.5) is 0 Å². The van der Waals surface area contributed by atoms with Gasteiger partial charge in [-0.25, -0.2) is 0 Å². The Morgan fingerprint density at radius 2 is 1.72 bits per heavy atom. The van der Waals surface area contributed by atoms with Gasteiger partial charge in [0, 0.05) is 12.5 Å². The van der Waals surface area contributed by atoms with Gasteiger partial charge in [-0.3, -0.25) is 4.79 Å². The normalized spacial score (nSPS) is 14.9. The number of rotatable bonds is 1. The first-order valence-electron chi connectivity index (χ1n) is 6.23. The first kappa shape index (κ1) is 12.9. The summed E-state index contributed by atoms with van der Waals surface area (Å²) >= 11 is 0. The number of ether oxygens (including phenoxy) is 2. The Bertz CT molecular complexity index is 503. The quantitative estimate of drug-likeness (QED) is 0.563. The molecule has 0 aromatic heterocycles. The number of esters is 1. The summed E-state index contributed by atoms with van der Waals surface area (Å²) in [5.74, 6) is 1.37. The molecule has 1 aromatic carbocycles. The van der Waals surface area contributed by atoms with Crippen LogP contribution in [0.2, 0.25) is 0 Å². The van der Waals surface area contributed by atoms with E-state index in [0.29, 0.717) is 5.75 Å². The van der Waals surface area contributed by atoms with Gasteiger partial charge in [0.05, 0.1) is 0 Å². The molecule has 3 heteroatoms. The molecule has 97 valence electrons. The number of carbonyl (C=O) groups excluding carboxylic acids is 1. The smallest absolute Gasteiger partial charge is 0.308 e. The third-order valence-electron chi connectivity index (χ3n) is 3.56. The maximum absolute atomic E-state index is 11.2. The number of hydrogen-bond donors (Lipinski definition) is 0. The van der Waals surface area contributed by atoms with Gasteiger partial charge in [0.2, 0.25) is 0 Å². The van der Waals surface area contributed by atoms with Crippen LogP contribution in [0.1, 0.15) is 42.5 Å². The van der Waals surface area contributed by atoms with Crippen molar-refractivity contribution in [1.82, 2.24) is 0 Å². The molecule has 2 rings (SSSR count). The molecule has 1 aromatic rings. The monoisotopic (exact) mass is 247 g/mol. The summed E-state index contributed by atoms with van der Waals surface area (Å²) in [6.45, 7) is 9.41. The van der Waals surface area contributed by atoms with Crippen molar-refractivity contribution < 1.29 is 14.3 Å². The molecule has 0 N–H and O–H groups in total. The maximum Gasteiger partial charge on any atom is 0.308 e. The lowest BCUT2D eigenvalue weighted by Gasteiger charge is -2.28. The number of hydrogen-bond acceptors (Lipinski definition) is 3. The molecule has 0 fully saturated rings. The average molecular weight is 247 g/mol. The zero-order valence-corrected chi connectivity index (χ0v) is 11.6. The fourth-order valence-corrected chi connectivity index (χ4v) is 2.42. The van der Waals surface area contributed by atoms with Gasteiger partial charge in [-0.1, -0.05) is 0 Å². The minimum absolute atomic E-state index is 0.278. The van der Waals surface area contributed by atoms with Gasteiger partial charge in [-0.05, 0) is 57.2 Å². The largest absolute Gasteiger partial charge is 0.483 e. The maximum atomic E-state index is 11.2. The van der Waals surface area contributed by atoms with Gasteiger partial charge in [0.25, 0.3) is 0 Å². The molecule has 18 heavy (non-hydrogen) atoms. The van der Waals surface area contributed by atoms with E-state index in [1.165, 1.54) is 12.5 Å². The summed E-state index contributed by atoms with van der Waals surface area (Å²) in [6.07, 6.45) is 2.92. The Labute approximate surface area is 108 Å². The minimum Gasteiger partial charge on any atom is -0.483 e. The van der Waals surface area contributed by atoms with E-state index >= 15 is 0 Å². The number of fused-ring (bicyclic) bond motifs is 1. The third-order valence-corrected chi connectivity index (χ3v) is 3.56. The second-order valence-electron chi connectivity index (χ2n) is 4.91. The van der Waals surface area contributed by atoms with Crippen molar-refractivity contribution in [3.63, 3.8) is 0 Å². The van der Waals surface area contributed by atoms with Gasteiger partial charge < -0.3 is 9.47 Å². The fraction of sp³-hybridized carbons (Fsp3) is 0.467. The predicted molar refractivity (Wildman–Crippen MR) is 69.8 cm³/mol. The summed E-state index contributed by atoms with van der Waals surface area (Å²) in [5, 5.41) is 0. The van der Waals surface area contributed by atoms with E-state index in [0.717, 1.165) is 41.4 Å². The Hall–Kier alpha value is -1.51. The lowest BCUT2D eigenvalue weighted by atomic mass is 9.92.